The van der Waals surface area contributed by atoms with Gasteiger partial charge in [0.05, 0.1) is 21.3 Å². The van der Waals surface area contributed by atoms with E-state index in [1.807, 2.05) is 0 Å². The summed E-state index contributed by atoms with van der Waals surface area (Å²) < 4.78 is 86.4. The van der Waals surface area contributed by atoms with Gasteiger partial charge in [-0.05, 0) is 50.2 Å². The minimum absolute atomic E-state index is 0.0298. The van der Waals surface area contributed by atoms with Crippen LogP contribution < -0.4 is 5.43 Å². The molecule has 34 heavy (non-hydrogen) atoms. The first-order valence-electron chi connectivity index (χ1n) is 11.1. The summed E-state index contributed by atoms with van der Waals surface area (Å²) in [7, 11) is -3.28. The Labute approximate surface area is 194 Å². The fourth-order valence-corrected chi connectivity index (χ4v) is 6.26. The average Bonchev–Trinajstić information content (AvgIpc) is 2.69. The molecule has 11 heteroatoms. The average molecular weight is 504 g/mol. The van der Waals surface area contributed by atoms with Crippen molar-refractivity contribution in [2.24, 2.45) is 5.92 Å². The van der Waals surface area contributed by atoms with Crippen LogP contribution in [0.3, 0.4) is 0 Å². The van der Waals surface area contributed by atoms with E-state index >= 15 is 0 Å². The van der Waals surface area contributed by atoms with Crippen molar-refractivity contribution in [1.29, 1.82) is 4.78 Å². The number of rotatable bonds is 4. The van der Waals surface area contributed by atoms with Crippen molar-refractivity contribution in [3.05, 3.63) is 45.5 Å². The van der Waals surface area contributed by atoms with Crippen molar-refractivity contribution in [3.63, 3.8) is 0 Å². The lowest BCUT2D eigenvalue weighted by Crippen LogP contribution is -2.34. The summed E-state index contributed by atoms with van der Waals surface area (Å²) in [5.74, 6) is -4.77. The first-order valence-corrected chi connectivity index (χ1v) is 13.0. The smallest absolute Gasteiger partial charge is 0.357 e. The summed E-state index contributed by atoms with van der Waals surface area (Å²) in [4.78, 5) is 19.9. The molecule has 0 amide bonds. The van der Waals surface area contributed by atoms with Crippen LogP contribution in [0.1, 0.15) is 67.3 Å². The van der Waals surface area contributed by atoms with E-state index in [4.69, 9.17) is 4.78 Å². The maximum atomic E-state index is 13.4. The van der Waals surface area contributed by atoms with Gasteiger partial charge in [0.2, 0.25) is 5.92 Å². The summed E-state index contributed by atoms with van der Waals surface area (Å²) >= 11 is 0. The topological polar surface area (TPSA) is 86.7 Å². The Balaban J connectivity index is 1.75. The predicted octanol–water partition coefficient (Wildman–Crippen LogP) is 6.13. The molecule has 1 atom stereocenters. The molecule has 2 N–H and O–H groups in total. The van der Waals surface area contributed by atoms with E-state index < -0.39 is 39.1 Å². The van der Waals surface area contributed by atoms with Crippen molar-refractivity contribution in [3.8, 4) is 11.3 Å². The fraction of sp³-hybridized carbons (Fsp3) is 0.565. The Kier molecular flexibility index (Phi) is 6.15. The quantitative estimate of drug-likeness (QED) is 0.492. The highest BCUT2D eigenvalue weighted by molar-refractivity contribution is 7.91. The Hall–Kier alpha value is -2.30. The van der Waals surface area contributed by atoms with Crippen LogP contribution >= 0.6 is 0 Å². The van der Waals surface area contributed by atoms with Gasteiger partial charge in [0.15, 0.2) is 5.43 Å². The van der Waals surface area contributed by atoms with Crippen LogP contribution in [0.15, 0.2) is 28.0 Å². The fourth-order valence-electron chi connectivity index (χ4n) is 5.18. The van der Waals surface area contributed by atoms with E-state index in [0.29, 0.717) is 22.5 Å². The van der Waals surface area contributed by atoms with Crippen molar-refractivity contribution < 1.29 is 26.2 Å². The number of halogens is 5. The molecule has 0 spiro atoms. The van der Waals surface area contributed by atoms with Crippen LogP contribution in [0.25, 0.3) is 11.3 Å². The van der Waals surface area contributed by atoms with Gasteiger partial charge < -0.3 is 4.98 Å². The molecule has 2 heterocycles. The summed E-state index contributed by atoms with van der Waals surface area (Å²) in [5, 5.41) is 0. The first kappa shape index (κ1) is 24.8. The van der Waals surface area contributed by atoms with Crippen LogP contribution in [0.5, 0.6) is 0 Å². The molecular weight excluding hydrogens is 477 g/mol. The van der Waals surface area contributed by atoms with Crippen molar-refractivity contribution in [1.82, 2.24) is 9.97 Å². The molecule has 0 bridgehead atoms. The second-order valence-electron chi connectivity index (χ2n) is 9.59. The molecule has 0 aliphatic heterocycles. The van der Waals surface area contributed by atoms with Crippen LogP contribution in [0.2, 0.25) is 0 Å². The summed E-state index contributed by atoms with van der Waals surface area (Å²) in [6.45, 7) is 1.53. The Bertz CT molecular complexity index is 1250. The van der Waals surface area contributed by atoms with Gasteiger partial charge in [0, 0.05) is 54.2 Å². The monoisotopic (exact) mass is 503 g/mol. The number of aromatic nitrogens is 2. The van der Waals surface area contributed by atoms with Crippen LogP contribution in [0, 0.1) is 17.6 Å². The zero-order chi connectivity index (χ0) is 25.1. The molecule has 2 saturated carbocycles. The molecule has 0 saturated heterocycles. The molecule has 2 aromatic heterocycles. The largest absolute Gasteiger partial charge is 0.391 e. The minimum Gasteiger partial charge on any atom is -0.357 e. The second kappa shape index (κ2) is 8.42. The summed E-state index contributed by atoms with van der Waals surface area (Å²) in [5.41, 5.74) is 1.68. The third-order valence-electron chi connectivity index (χ3n) is 6.94. The summed E-state index contributed by atoms with van der Waals surface area (Å²) in [6.07, 6.45) is -1.77. The van der Waals surface area contributed by atoms with Crippen molar-refractivity contribution in [2.75, 3.05) is 6.26 Å². The SMILES string of the molecule is Cc1[nH]c(-c2cnc(C3CC(F)(F)C3)cc2C2CCC(C(F)(F)F)CC2)cc(=O)c1S(C)(=N)=O. The van der Waals surface area contributed by atoms with Gasteiger partial charge in [0.25, 0.3) is 0 Å². The van der Waals surface area contributed by atoms with Gasteiger partial charge in [0.1, 0.15) is 4.90 Å². The number of hydrogen-bond acceptors (Lipinski definition) is 4. The molecule has 2 aromatic rings. The van der Waals surface area contributed by atoms with Gasteiger partial charge in [-0.2, -0.15) is 13.2 Å². The molecule has 2 aliphatic rings. The van der Waals surface area contributed by atoms with E-state index in [1.54, 1.807) is 6.07 Å². The number of nitrogens with one attached hydrogen (secondary N) is 2. The molecule has 0 aromatic carbocycles. The second-order valence-corrected chi connectivity index (χ2v) is 11.7. The normalized spacial score (nSPS) is 24.9. The highest BCUT2D eigenvalue weighted by Crippen LogP contribution is 2.50. The lowest BCUT2D eigenvalue weighted by Gasteiger charge is -2.35. The number of hydrogen-bond donors (Lipinski definition) is 2. The lowest BCUT2D eigenvalue weighted by molar-refractivity contribution is -0.182. The molecule has 5 nitrogen and oxygen atoms in total. The van der Waals surface area contributed by atoms with Gasteiger partial charge >= 0.3 is 6.18 Å². The van der Waals surface area contributed by atoms with Crippen LogP contribution in [-0.2, 0) is 9.73 Å². The van der Waals surface area contributed by atoms with Gasteiger partial charge in [-0.25, -0.2) is 17.8 Å². The highest BCUT2D eigenvalue weighted by atomic mass is 32.2. The first-order chi connectivity index (χ1) is 15.7. The molecule has 4 rings (SSSR count). The van der Waals surface area contributed by atoms with E-state index in [2.05, 4.69) is 9.97 Å². The third-order valence-corrected chi connectivity index (χ3v) is 8.22. The zero-order valence-corrected chi connectivity index (χ0v) is 19.6. The number of pyridine rings is 2. The molecule has 0 radical (unpaired) electrons. The van der Waals surface area contributed by atoms with Gasteiger partial charge in [-0.1, -0.05) is 0 Å². The van der Waals surface area contributed by atoms with Crippen LogP contribution in [-0.4, -0.2) is 32.5 Å². The minimum atomic E-state index is -4.25. The van der Waals surface area contributed by atoms with Crippen LogP contribution in [0.4, 0.5) is 22.0 Å². The Morgan fingerprint density at radius 1 is 1.12 bits per heavy atom. The number of aryl methyl sites for hydroxylation is 1. The standard InChI is InChI=1S/C23H26F5N3O2S/c1-12-21(34(2,29)33)20(32)8-19(31-12)17-11-30-18(14-9-22(24,25)10-14)7-16(17)13-3-5-15(6-4-13)23(26,27)28/h7-8,11,13-15,29H,3-6,9-10H2,1-2H3,(H,31,32). The van der Waals surface area contributed by atoms with E-state index in [0.717, 1.165) is 6.26 Å². The number of nitrogens with zero attached hydrogens (tertiary/aromatic N) is 1. The lowest BCUT2D eigenvalue weighted by atomic mass is 9.75. The molecule has 186 valence electrons. The Morgan fingerprint density at radius 3 is 2.24 bits per heavy atom. The van der Waals surface area contributed by atoms with E-state index in [1.165, 1.54) is 19.2 Å². The highest BCUT2D eigenvalue weighted by Gasteiger charge is 2.47. The molecule has 2 aliphatic carbocycles. The maximum Gasteiger partial charge on any atom is 0.391 e. The summed E-state index contributed by atoms with van der Waals surface area (Å²) in [6, 6.07) is 2.92. The van der Waals surface area contributed by atoms with E-state index in [9.17, 15) is 31.0 Å². The predicted molar refractivity (Wildman–Crippen MR) is 118 cm³/mol. The maximum absolute atomic E-state index is 13.4. The van der Waals surface area contributed by atoms with Crippen molar-refractivity contribution in [2.45, 2.75) is 74.3 Å². The zero-order valence-electron chi connectivity index (χ0n) is 18.8. The third kappa shape index (κ3) is 4.89. The molecule has 1 unspecified atom stereocenters. The Morgan fingerprint density at radius 2 is 1.74 bits per heavy atom. The number of aromatic amines is 1. The molecule has 2 fully saturated rings. The van der Waals surface area contributed by atoms with Gasteiger partial charge in [-0.3, -0.25) is 9.78 Å². The molecular formula is C23H26F5N3O2S. The number of alkyl halides is 5. The van der Waals surface area contributed by atoms with E-state index in [-0.39, 0.29) is 55.0 Å². The van der Waals surface area contributed by atoms with Crippen molar-refractivity contribution >= 4 is 9.73 Å². The number of H-pyrrole nitrogens is 1. The van der Waals surface area contributed by atoms with Gasteiger partial charge in [-0.15, -0.1) is 0 Å².